The van der Waals surface area contributed by atoms with Crippen molar-refractivity contribution in [1.29, 1.82) is 0 Å². The van der Waals surface area contributed by atoms with Gasteiger partial charge in [-0.2, -0.15) is 0 Å². The summed E-state index contributed by atoms with van der Waals surface area (Å²) in [4.78, 5) is 35.2. The Morgan fingerprint density at radius 1 is 1.14 bits per heavy atom. The van der Waals surface area contributed by atoms with Gasteiger partial charge in [0.15, 0.2) is 11.5 Å². The molecule has 2 aromatic rings. The molecule has 0 aliphatic carbocycles. The van der Waals surface area contributed by atoms with Crippen molar-refractivity contribution in [3.8, 4) is 17.2 Å². The van der Waals surface area contributed by atoms with Crippen LogP contribution in [-0.2, 0) is 20.9 Å². The molecule has 2 heterocycles. The first-order chi connectivity index (χ1) is 14.1. The molecule has 10 heteroatoms. The second-order valence-electron chi connectivity index (χ2n) is 5.79. The maximum atomic E-state index is 11.9. The van der Waals surface area contributed by atoms with Crippen LogP contribution in [0.5, 0.6) is 17.2 Å². The van der Waals surface area contributed by atoms with Crippen molar-refractivity contribution in [3.05, 3.63) is 47.9 Å². The van der Waals surface area contributed by atoms with Gasteiger partial charge in [-0.05, 0) is 35.9 Å². The maximum Gasteiger partial charge on any atom is 0.327 e. The normalized spacial score (nSPS) is 12.3. The summed E-state index contributed by atoms with van der Waals surface area (Å²) in [5.41, 5.74) is 4.77. The lowest BCUT2D eigenvalue weighted by Gasteiger charge is -2.20. The second-order valence-corrected chi connectivity index (χ2v) is 5.79. The molecule has 0 radical (unpaired) electrons. The van der Waals surface area contributed by atoms with Gasteiger partial charge < -0.3 is 23.9 Å². The molecule has 3 N–H and O–H groups in total. The van der Waals surface area contributed by atoms with Crippen LogP contribution in [0.4, 0.5) is 0 Å². The Bertz CT molecular complexity index is 905. The van der Waals surface area contributed by atoms with Crippen molar-refractivity contribution < 1.29 is 33.0 Å². The Kier molecular flexibility index (Phi) is 6.36. The number of fused-ring (bicyclic) bond motifs is 1. The number of hydrogen-bond acceptors (Lipinski definition) is 7. The zero-order chi connectivity index (χ0) is 20.6. The summed E-state index contributed by atoms with van der Waals surface area (Å²) in [6.07, 6.45) is 4.14. The van der Waals surface area contributed by atoms with E-state index in [1.54, 1.807) is 24.3 Å². The summed E-state index contributed by atoms with van der Waals surface area (Å²) < 4.78 is 21.3. The average molecular weight is 401 g/mol. The van der Waals surface area contributed by atoms with E-state index in [4.69, 9.17) is 18.6 Å². The first-order valence-corrected chi connectivity index (χ1v) is 8.63. The highest BCUT2D eigenvalue weighted by Gasteiger charge is 2.18. The van der Waals surface area contributed by atoms with Crippen molar-refractivity contribution in [2.45, 2.75) is 6.54 Å². The zero-order valence-electron chi connectivity index (χ0n) is 15.5. The molecule has 0 spiro atoms. The van der Waals surface area contributed by atoms with E-state index < -0.39 is 17.7 Å². The van der Waals surface area contributed by atoms with Crippen LogP contribution < -0.4 is 30.4 Å². The van der Waals surface area contributed by atoms with Gasteiger partial charge in [0.1, 0.15) is 19.0 Å². The van der Waals surface area contributed by atoms with E-state index in [0.29, 0.717) is 41.8 Å². The highest BCUT2D eigenvalue weighted by atomic mass is 16.6. The van der Waals surface area contributed by atoms with E-state index >= 15 is 0 Å². The molecular weight excluding hydrogens is 382 g/mol. The Morgan fingerprint density at radius 3 is 2.72 bits per heavy atom. The van der Waals surface area contributed by atoms with E-state index in [2.05, 4.69) is 10.7 Å². The van der Waals surface area contributed by atoms with Gasteiger partial charge in [-0.25, -0.2) is 0 Å². The van der Waals surface area contributed by atoms with Gasteiger partial charge in [-0.3, -0.25) is 25.2 Å². The molecule has 1 aliphatic heterocycles. The lowest BCUT2D eigenvalue weighted by Crippen LogP contribution is -2.47. The summed E-state index contributed by atoms with van der Waals surface area (Å²) in [7, 11) is 1.50. The van der Waals surface area contributed by atoms with Gasteiger partial charge in [-0.15, -0.1) is 0 Å². The predicted molar refractivity (Wildman–Crippen MR) is 99.9 cm³/mol. The standard InChI is InChI=1S/C19H19N3O7/c1-26-14-9-12(10-15-17(14)29-8-7-28-15)4-5-16(23)21-22-19(25)18(24)20-11-13-3-2-6-27-13/h2-6,9-10H,7-8,11H2,1H3,(H,20,24)(H,21,23)(H,22,25)/b5-4+. The molecular formula is C19H19N3O7. The Labute approximate surface area is 165 Å². The lowest BCUT2D eigenvalue weighted by atomic mass is 10.1. The van der Waals surface area contributed by atoms with Gasteiger partial charge in [0.05, 0.1) is 19.9 Å². The van der Waals surface area contributed by atoms with Gasteiger partial charge in [0.2, 0.25) is 5.75 Å². The van der Waals surface area contributed by atoms with Gasteiger partial charge >= 0.3 is 11.8 Å². The highest BCUT2D eigenvalue weighted by Crippen LogP contribution is 2.40. The molecule has 1 aromatic heterocycles. The number of ether oxygens (including phenoxy) is 3. The van der Waals surface area contributed by atoms with Crippen molar-refractivity contribution >= 4 is 23.8 Å². The van der Waals surface area contributed by atoms with Crippen LogP contribution in [0.2, 0.25) is 0 Å². The SMILES string of the molecule is COc1cc(/C=C/C(=O)NNC(=O)C(=O)NCc2ccco2)cc2c1OCCO2. The Balaban J connectivity index is 1.50. The minimum absolute atomic E-state index is 0.0546. The Morgan fingerprint density at radius 2 is 1.97 bits per heavy atom. The second kappa shape index (κ2) is 9.31. The van der Waals surface area contributed by atoms with E-state index in [1.807, 2.05) is 5.43 Å². The summed E-state index contributed by atoms with van der Waals surface area (Å²) in [5.74, 6) is -0.574. The summed E-state index contributed by atoms with van der Waals surface area (Å²) in [6, 6.07) is 6.68. The third kappa shape index (κ3) is 5.28. The molecule has 29 heavy (non-hydrogen) atoms. The maximum absolute atomic E-state index is 11.9. The van der Waals surface area contributed by atoms with Crippen LogP contribution in [0.15, 0.2) is 41.0 Å². The number of hydrogen-bond donors (Lipinski definition) is 3. The Hall–Kier alpha value is -3.95. The first kappa shape index (κ1) is 19.8. The van der Waals surface area contributed by atoms with Crippen LogP contribution in [0.1, 0.15) is 11.3 Å². The van der Waals surface area contributed by atoms with Crippen LogP contribution >= 0.6 is 0 Å². The van der Waals surface area contributed by atoms with Crippen LogP contribution in [0.3, 0.4) is 0 Å². The van der Waals surface area contributed by atoms with Crippen molar-refractivity contribution in [2.24, 2.45) is 0 Å². The molecule has 1 aromatic carbocycles. The van der Waals surface area contributed by atoms with Gasteiger partial charge in [0.25, 0.3) is 5.91 Å². The quantitative estimate of drug-likeness (QED) is 0.379. The van der Waals surface area contributed by atoms with E-state index in [1.165, 1.54) is 25.5 Å². The molecule has 10 nitrogen and oxygen atoms in total. The van der Waals surface area contributed by atoms with Gasteiger partial charge in [-0.1, -0.05) is 0 Å². The number of benzene rings is 1. The monoisotopic (exact) mass is 401 g/mol. The highest BCUT2D eigenvalue weighted by molar-refractivity contribution is 6.35. The van der Waals surface area contributed by atoms with E-state index in [9.17, 15) is 14.4 Å². The summed E-state index contributed by atoms with van der Waals surface area (Å²) in [5, 5.41) is 2.35. The summed E-state index contributed by atoms with van der Waals surface area (Å²) in [6.45, 7) is 0.895. The third-order valence-electron chi connectivity index (χ3n) is 3.79. The molecule has 0 bridgehead atoms. The molecule has 0 saturated heterocycles. The van der Waals surface area contributed by atoms with Gasteiger partial charge in [0, 0.05) is 6.08 Å². The van der Waals surface area contributed by atoms with Crippen LogP contribution in [-0.4, -0.2) is 38.0 Å². The molecule has 152 valence electrons. The molecule has 0 unspecified atom stereocenters. The molecule has 1 aliphatic rings. The van der Waals surface area contributed by atoms with Crippen molar-refractivity contribution in [1.82, 2.24) is 16.2 Å². The van der Waals surface area contributed by atoms with E-state index in [-0.39, 0.29) is 6.54 Å². The number of furan rings is 1. The smallest absolute Gasteiger partial charge is 0.327 e. The number of methoxy groups -OCH3 is 1. The van der Waals surface area contributed by atoms with Crippen LogP contribution in [0.25, 0.3) is 6.08 Å². The minimum atomic E-state index is -1.01. The number of carbonyl (C=O) groups excluding carboxylic acids is 3. The zero-order valence-corrected chi connectivity index (χ0v) is 15.5. The number of rotatable bonds is 5. The lowest BCUT2D eigenvalue weighted by molar-refractivity contribution is -0.140. The third-order valence-corrected chi connectivity index (χ3v) is 3.79. The average Bonchev–Trinajstić information content (AvgIpc) is 3.27. The summed E-state index contributed by atoms with van der Waals surface area (Å²) >= 11 is 0. The number of carbonyl (C=O) groups is 3. The number of hydrazine groups is 1. The minimum Gasteiger partial charge on any atom is -0.493 e. The number of nitrogens with one attached hydrogen (secondary N) is 3. The first-order valence-electron chi connectivity index (χ1n) is 8.63. The largest absolute Gasteiger partial charge is 0.493 e. The molecule has 3 amide bonds. The van der Waals surface area contributed by atoms with Crippen LogP contribution in [0, 0.1) is 0 Å². The molecule has 0 fully saturated rings. The fourth-order valence-corrected chi connectivity index (χ4v) is 2.44. The molecule has 3 rings (SSSR count). The predicted octanol–water partition coefficient (Wildman–Crippen LogP) is 0.536. The molecule has 0 atom stereocenters. The topological polar surface area (TPSA) is 128 Å². The van der Waals surface area contributed by atoms with Crippen molar-refractivity contribution in [2.75, 3.05) is 20.3 Å². The van der Waals surface area contributed by atoms with E-state index in [0.717, 1.165) is 0 Å². The molecule has 0 saturated carbocycles. The fraction of sp³-hybridized carbons (Fsp3) is 0.211. The number of amides is 3. The fourth-order valence-electron chi connectivity index (χ4n) is 2.44. The van der Waals surface area contributed by atoms with Crippen molar-refractivity contribution in [3.63, 3.8) is 0 Å².